The Kier molecular flexibility index (Phi) is 10.4. The van der Waals surface area contributed by atoms with E-state index in [1.165, 1.54) is 12.1 Å². The first kappa shape index (κ1) is 30.4. The normalized spacial score (nSPS) is 12.2. The number of thiocarbonyl (C=S) groups is 1. The third kappa shape index (κ3) is 8.23. The number of amides is 1. The van der Waals surface area contributed by atoms with E-state index in [4.69, 9.17) is 12.2 Å². The van der Waals surface area contributed by atoms with Gasteiger partial charge in [-0.15, -0.1) is 0 Å². The van der Waals surface area contributed by atoms with E-state index in [0.29, 0.717) is 31.3 Å². The maximum Gasteiger partial charge on any atom is 0.269 e. The molecule has 0 bridgehead atoms. The summed E-state index contributed by atoms with van der Waals surface area (Å²) in [6.07, 6.45) is 4.25. The fraction of sp³-hybridized carbons (Fsp3) is 0.281. The molecule has 0 fully saturated rings. The molecule has 0 saturated heterocycles. The van der Waals surface area contributed by atoms with Gasteiger partial charge in [0.25, 0.3) is 5.69 Å². The highest BCUT2D eigenvalue weighted by Crippen LogP contribution is 2.23. The number of carbonyl (C=O) groups is 1. The van der Waals surface area contributed by atoms with Gasteiger partial charge in [0.05, 0.1) is 23.2 Å². The number of hydrogen-bond acceptors (Lipinski definition) is 5. The summed E-state index contributed by atoms with van der Waals surface area (Å²) in [5.41, 5.74) is 3.49. The largest absolute Gasteiger partial charge is 0.358 e. The van der Waals surface area contributed by atoms with Crippen LogP contribution in [0.25, 0.3) is 0 Å². The van der Waals surface area contributed by atoms with Gasteiger partial charge in [-0.25, -0.2) is 4.98 Å². The monoisotopic (exact) mass is 584 g/mol. The van der Waals surface area contributed by atoms with Crippen LogP contribution in [-0.2, 0) is 30.8 Å². The Morgan fingerprint density at radius 3 is 2.24 bits per heavy atom. The molecule has 2 N–H and O–H groups in total. The third-order valence-corrected chi connectivity index (χ3v) is 7.80. The number of nitrogens with one attached hydrogen (secondary N) is 2. The first-order valence-electron chi connectivity index (χ1n) is 13.9. The van der Waals surface area contributed by atoms with E-state index in [1.54, 1.807) is 24.7 Å². The highest BCUT2D eigenvalue weighted by Gasteiger charge is 2.32. The summed E-state index contributed by atoms with van der Waals surface area (Å²) in [6, 6.07) is 26.7. The second-order valence-electron chi connectivity index (χ2n) is 10.5. The van der Waals surface area contributed by atoms with E-state index in [-0.39, 0.29) is 18.0 Å². The van der Waals surface area contributed by atoms with Crippen molar-refractivity contribution in [1.29, 1.82) is 0 Å². The van der Waals surface area contributed by atoms with Gasteiger partial charge in [-0.2, -0.15) is 0 Å². The van der Waals surface area contributed by atoms with Crippen molar-refractivity contribution in [2.24, 2.45) is 0 Å². The molecule has 0 aliphatic heterocycles. The molecule has 1 amide bonds. The van der Waals surface area contributed by atoms with Crippen LogP contribution in [0.1, 0.15) is 42.7 Å². The van der Waals surface area contributed by atoms with Crippen molar-refractivity contribution in [2.45, 2.75) is 51.9 Å². The fourth-order valence-electron chi connectivity index (χ4n) is 4.63. The van der Waals surface area contributed by atoms with Crippen molar-refractivity contribution in [3.63, 3.8) is 0 Å². The van der Waals surface area contributed by atoms with Crippen LogP contribution in [0.15, 0.2) is 97.5 Å². The Labute approximate surface area is 251 Å². The zero-order valence-corrected chi connectivity index (χ0v) is 24.7. The summed E-state index contributed by atoms with van der Waals surface area (Å²) in [4.78, 5) is 30.1. The molecule has 9 nitrogen and oxygen atoms in total. The molecule has 1 unspecified atom stereocenters. The van der Waals surface area contributed by atoms with E-state index in [0.717, 1.165) is 28.8 Å². The number of rotatable bonds is 13. The minimum Gasteiger partial charge on any atom is -0.358 e. The van der Waals surface area contributed by atoms with Crippen molar-refractivity contribution in [2.75, 3.05) is 6.54 Å². The minimum absolute atomic E-state index is 0.0408. The number of nitro benzene ring substituents is 1. The fourth-order valence-corrected chi connectivity index (χ4v) is 4.98. The molecule has 1 aromatic heterocycles. The summed E-state index contributed by atoms with van der Waals surface area (Å²) in [5, 5.41) is 18.1. The molecule has 4 rings (SSSR count). The smallest absolute Gasteiger partial charge is 0.269 e. The molecule has 218 valence electrons. The number of non-ortho nitro benzene ring substituents is 1. The molecule has 42 heavy (non-hydrogen) atoms. The molecule has 1 heterocycles. The van der Waals surface area contributed by atoms with Crippen LogP contribution in [0.3, 0.4) is 0 Å². The lowest BCUT2D eigenvalue weighted by atomic mass is 9.95. The Morgan fingerprint density at radius 2 is 1.62 bits per heavy atom. The number of hydrogen-bond donors (Lipinski definition) is 2. The van der Waals surface area contributed by atoms with Gasteiger partial charge in [0, 0.05) is 50.2 Å². The molecule has 0 aliphatic rings. The lowest BCUT2D eigenvalue weighted by molar-refractivity contribution is -0.384. The lowest BCUT2D eigenvalue weighted by Gasteiger charge is -2.43. The standard InChI is InChI=1S/C32H36N6O3S/c1-3-32(2,37(22-26-12-8-5-9-13-26)31(42)34-19-25-10-6-4-7-11-25)23-35-30(39)18-29-20-33-24-36(29)21-27-14-16-28(17-15-27)38(40)41/h4-17,20,24H,3,18-19,21-23H2,1-2H3,(H,34,42)(H,35,39). The van der Waals surface area contributed by atoms with Crippen LogP contribution >= 0.6 is 12.2 Å². The van der Waals surface area contributed by atoms with Gasteiger partial charge in [-0.1, -0.05) is 79.7 Å². The van der Waals surface area contributed by atoms with Crippen LogP contribution in [0.5, 0.6) is 0 Å². The van der Waals surface area contributed by atoms with Crippen molar-refractivity contribution in [3.8, 4) is 0 Å². The predicted octanol–water partition coefficient (Wildman–Crippen LogP) is 5.24. The summed E-state index contributed by atoms with van der Waals surface area (Å²) in [6.45, 7) is 6.28. The molecular formula is C32H36N6O3S. The SMILES string of the molecule is CCC(C)(CNC(=O)Cc1cncn1Cc1ccc([N+](=O)[O-])cc1)N(Cc1ccccc1)C(=S)NCc1ccccc1. The van der Waals surface area contributed by atoms with E-state index in [9.17, 15) is 14.9 Å². The Balaban J connectivity index is 1.42. The van der Waals surface area contributed by atoms with Gasteiger partial charge in [-0.05, 0) is 42.3 Å². The number of nitrogens with zero attached hydrogens (tertiary/aromatic N) is 4. The zero-order valence-electron chi connectivity index (χ0n) is 23.9. The summed E-state index contributed by atoms with van der Waals surface area (Å²) in [7, 11) is 0. The number of benzene rings is 3. The molecule has 0 spiro atoms. The van der Waals surface area contributed by atoms with Gasteiger partial charge in [0.15, 0.2) is 5.11 Å². The molecule has 1 atom stereocenters. The summed E-state index contributed by atoms with van der Waals surface area (Å²) >= 11 is 5.92. The predicted molar refractivity (Wildman–Crippen MR) is 168 cm³/mol. The van der Waals surface area contributed by atoms with Crippen LogP contribution in [-0.4, -0.2) is 42.5 Å². The molecule has 3 aromatic carbocycles. The minimum atomic E-state index is -0.453. The second-order valence-corrected chi connectivity index (χ2v) is 10.8. The van der Waals surface area contributed by atoms with Crippen molar-refractivity contribution in [1.82, 2.24) is 25.1 Å². The van der Waals surface area contributed by atoms with Gasteiger partial charge in [-0.3, -0.25) is 14.9 Å². The number of carbonyl (C=O) groups excluding carboxylic acids is 1. The number of imidazole rings is 1. The van der Waals surface area contributed by atoms with E-state index < -0.39 is 10.5 Å². The van der Waals surface area contributed by atoms with E-state index >= 15 is 0 Å². The average molecular weight is 585 g/mol. The first-order chi connectivity index (χ1) is 20.3. The summed E-state index contributed by atoms with van der Waals surface area (Å²) < 4.78 is 1.88. The lowest BCUT2D eigenvalue weighted by Crippen LogP contribution is -2.57. The Bertz CT molecular complexity index is 1480. The summed E-state index contributed by atoms with van der Waals surface area (Å²) in [5.74, 6) is -0.122. The van der Waals surface area contributed by atoms with Crippen LogP contribution in [0.4, 0.5) is 5.69 Å². The highest BCUT2D eigenvalue weighted by atomic mass is 32.1. The van der Waals surface area contributed by atoms with Crippen LogP contribution < -0.4 is 10.6 Å². The van der Waals surface area contributed by atoms with Gasteiger partial charge in [0.2, 0.25) is 5.91 Å². The van der Waals surface area contributed by atoms with Crippen molar-refractivity contribution < 1.29 is 9.72 Å². The van der Waals surface area contributed by atoms with Gasteiger partial charge < -0.3 is 20.1 Å². The van der Waals surface area contributed by atoms with Crippen LogP contribution in [0.2, 0.25) is 0 Å². The third-order valence-electron chi connectivity index (χ3n) is 7.44. The van der Waals surface area contributed by atoms with E-state index in [2.05, 4.69) is 58.6 Å². The maximum atomic E-state index is 13.2. The topological polar surface area (TPSA) is 105 Å². The Hall–Kier alpha value is -4.57. The second kappa shape index (κ2) is 14.4. The molecule has 0 radical (unpaired) electrons. The first-order valence-corrected chi connectivity index (χ1v) is 14.3. The van der Waals surface area contributed by atoms with E-state index in [1.807, 2.05) is 41.0 Å². The Morgan fingerprint density at radius 1 is 0.976 bits per heavy atom. The van der Waals surface area contributed by atoms with Crippen molar-refractivity contribution in [3.05, 3.63) is 130 Å². The molecule has 0 saturated carbocycles. The zero-order chi connectivity index (χ0) is 30.0. The number of nitro groups is 1. The average Bonchev–Trinajstić information content (AvgIpc) is 3.44. The highest BCUT2D eigenvalue weighted by molar-refractivity contribution is 7.80. The molecule has 0 aliphatic carbocycles. The molecular weight excluding hydrogens is 548 g/mol. The number of aromatic nitrogens is 2. The quantitative estimate of drug-likeness (QED) is 0.126. The molecule has 10 heteroatoms. The molecule has 4 aromatic rings. The van der Waals surface area contributed by atoms with Gasteiger partial charge in [0.1, 0.15) is 0 Å². The van der Waals surface area contributed by atoms with Gasteiger partial charge >= 0.3 is 0 Å². The van der Waals surface area contributed by atoms with Crippen molar-refractivity contribution >= 4 is 28.9 Å². The maximum absolute atomic E-state index is 13.2. The van der Waals surface area contributed by atoms with Crippen LogP contribution in [0, 0.1) is 10.1 Å².